The van der Waals surface area contributed by atoms with Crippen molar-refractivity contribution in [2.75, 3.05) is 13.7 Å². The Morgan fingerprint density at radius 1 is 1.60 bits per heavy atom. The van der Waals surface area contributed by atoms with Crippen molar-refractivity contribution >= 4 is 17.7 Å². The molecule has 0 saturated carbocycles. The number of ether oxygens (including phenoxy) is 1. The lowest BCUT2D eigenvalue weighted by Crippen LogP contribution is -2.21. The van der Waals surface area contributed by atoms with Crippen LogP contribution in [0, 0.1) is 0 Å². The first-order chi connectivity index (χ1) is 7.13. The molecule has 0 aliphatic heterocycles. The molecule has 1 aromatic carbocycles. The Labute approximate surface area is 91.9 Å². The molecule has 4 nitrogen and oxygen atoms in total. The summed E-state index contributed by atoms with van der Waals surface area (Å²) in [6.45, 7) is 0.135. The molecular weight excluding hydrogens is 216 g/mol. The molecule has 2 N–H and O–H groups in total. The molecule has 1 aromatic rings. The molecule has 1 rings (SSSR count). The molecule has 1 atom stereocenters. The fraction of sp³-hybridized carbons (Fsp3) is 0.300. The van der Waals surface area contributed by atoms with Gasteiger partial charge < -0.3 is 14.9 Å². The summed E-state index contributed by atoms with van der Waals surface area (Å²) in [5, 5.41) is 17.4. The molecule has 0 saturated heterocycles. The van der Waals surface area contributed by atoms with E-state index in [-0.39, 0.29) is 12.4 Å². The summed E-state index contributed by atoms with van der Waals surface area (Å²) in [5.74, 6) is -0.799. The minimum absolute atomic E-state index is 0.126. The van der Waals surface area contributed by atoms with Crippen molar-refractivity contribution < 1.29 is 19.7 Å². The Bertz CT molecular complexity index is 340. The zero-order chi connectivity index (χ0) is 11.3. The van der Waals surface area contributed by atoms with E-state index in [1.54, 1.807) is 12.1 Å². The highest BCUT2D eigenvalue weighted by atomic mass is 32.2. The van der Waals surface area contributed by atoms with E-state index < -0.39 is 11.2 Å². The van der Waals surface area contributed by atoms with Gasteiger partial charge in [0.05, 0.1) is 6.61 Å². The van der Waals surface area contributed by atoms with Crippen LogP contribution >= 0.6 is 11.8 Å². The maximum Gasteiger partial charge on any atom is 0.319 e. The number of aliphatic carboxylic acids is 1. The van der Waals surface area contributed by atoms with E-state index in [1.807, 2.05) is 0 Å². The number of phenols is 1. The van der Waals surface area contributed by atoms with Crippen molar-refractivity contribution in [3.05, 3.63) is 24.3 Å². The van der Waals surface area contributed by atoms with Crippen molar-refractivity contribution in [2.45, 2.75) is 10.1 Å². The predicted octanol–water partition coefficient (Wildman–Crippen LogP) is 1.58. The van der Waals surface area contributed by atoms with Crippen LogP contribution in [0.4, 0.5) is 0 Å². The van der Waals surface area contributed by atoms with E-state index in [2.05, 4.69) is 0 Å². The monoisotopic (exact) mass is 228 g/mol. The van der Waals surface area contributed by atoms with E-state index in [1.165, 1.54) is 19.2 Å². The van der Waals surface area contributed by atoms with E-state index >= 15 is 0 Å². The number of phenolic OH excluding ortho intramolecular Hbond substituents is 1. The minimum atomic E-state index is -0.926. The van der Waals surface area contributed by atoms with Crippen LogP contribution in [-0.4, -0.2) is 35.1 Å². The second-order valence-corrected chi connectivity index (χ2v) is 4.17. The van der Waals surface area contributed by atoms with Crippen LogP contribution in [0.2, 0.25) is 0 Å². The van der Waals surface area contributed by atoms with Gasteiger partial charge in [0.2, 0.25) is 0 Å². The first-order valence-electron chi connectivity index (χ1n) is 4.31. The third-order valence-corrected chi connectivity index (χ3v) is 2.84. The SMILES string of the molecule is COCC(Sc1cccc(O)c1)C(=O)O. The van der Waals surface area contributed by atoms with Crippen molar-refractivity contribution in [2.24, 2.45) is 0 Å². The first-order valence-corrected chi connectivity index (χ1v) is 5.19. The van der Waals surface area contributed by atoms with Crippen LogP contribution in [0.5, 0.6) is 5.75 Å². The Morgan fingerprint density at radius 3 is 2.87 bits per heavy atom. The maximum atomic E-state index is 10.8. The summed E-state index contributed by atoms with van der Waals surface area (Å²) in [5.41, 5.74) is 0. The molecule has 0 fully saturated rings. The van der Waals surface area contributed by atoms with Crippen molar-refractivity contribution in [3.8, 4) is 5.75 Å². The lowest BCUT2D eigenvalue weighted by atomic mass is 10.3. The summed E-state index contributed by atoms with van der Waals surface area (Å²) in [7, 11) is 1.46. The topological polar surface area (TPSA) is 66.8 Å². The largest absolute Gasteiger partial charge is 0.508 e. The van der Waals surface area contributed by atoms with Gasteiger partial charge >= 0.3 is 5.97 Å². The Morgan fingerprint density at radius 2 is 2.33 bits per heavy atom. The van der Waals surface area contributed by atoms with Crippen molar-refractivity contribution in [1.82, 2.24) is 0 Å². The molecule has 0 aliphatic rings. The van der Waals surface area contributed by atoms with Crippen molar-refractivity contribution in [3.63, 3.8) is 0 Å². The number of carboxylic acid groups (broad SMARTS) is 1. The van der Waals surface area contributed by atoms with E-state index in [9.17, 15) is 9.90 Å². The third kappa shape index (κ3) is 3.81. The zero-order valence-electron chi connectivity index (χ0n) is 8.21. The fourth-order valence-corrected chi connectivity index (χ4v) is 2.01. The Kier molecular flexibility index (Phi) is 4.45. The summed E-state index contributed by atoms with van der Waals surface area (Å²) in [6, 6.07) is 6.48. The Balaban J connectivity index is 2.69. The number of rotatable bonds is 5. The van der Waals surface area contributed by atoms with Crippen LogP contribution in [0.1, 0.15) is 0 Å². The molecule has 5 heteroatoms. The molecule has 0 bridgehead atoms. The second kappa shape index (κ2) is 5.63. The van der Waals surface area contributed by atoms with Gasteiger partial charge in [-0.1, -0.05) is 6.07 Å². The highest BCUT2D eigenvalue weighted by Gasteiger charge is 2.18. The number of hydrogen-bond donors (Lipinski definition) is 2. The quantitative estimate of drug-likeness (QED) is 0.749. The molecule has 1 unspecified atom stereocenters. The van der Waals surface area contributed by atoms with Gasteiger partial charge in [0, 0.05) is 12.0 Å². The first kappa shape index (κ1) is 11.9. The lowest BCUT2D eigenvalue weighted by molar-refractivity contribution is -0.137. The van der Waals surface area contributed by atoms with E-state index in [0.717, 1.165) is 11.8 Å². The number of thioether (sulfide) groups is 1. The minimum Gasteiger partial charge on any atom is -0.508 e. The molecule has 0 heterocycles. The van der Waals surface area contributed by atoms with Gasteiger partial charge in [-0.25, -0.2) is 0 Å². The van der Waals surface area contributed by atoms with Crippen LogP contribution in [0.3, 0.4) is 0 Å². The number of aromatic hydroxyl groups is 1. The van der Waals surface area contributed by atoms with Gasteiger partial charge in [0.25, 0.3) is 0 Å². The summed E-state index contributed by atoms with van der Waals surface area (Å²) >= 11 is 1.15. The van der Waals surface area contributed by atoms with Crippen LogP contribution in [0.15, 0.2) is 29.2 Å². The lowest BCUT2D eigenvalue weighted by Gasteiger charge is -2.10. The molecule has 0 aromatic heterocycles. The van der Waals surface area contributed by atoms with Gasteiger partial charge in [-0.05, 0) is 18.2 Å². The van der Waals surface area contributed by atoms with Gasteiger partial charge in [0.1, 0.15) is 11.0 Å². The predicted molar refractivity (Wildman–Crippen MR) is 57.3 cm³/mol. The van der Waals surface area contributed by atoms with Gasteiger partial charge in [-0.2, -0.15) is 0 Å². The average molecular weight is 228 g/mol. The number of methoxy groups -OCH3 is 1. The number of carboxylic acids is 1. The third-order valence-electron chi connectivity index (χ3n) is 1.69. The standard InChI is InChI=1S/C10H12O4S/c1-14-6-9(10(12)13)15-8-4-2-3-7(11)5-8/h2-5,9,11H,6H2,1H3,(H,12,13). The van der Waals surface area contributed by atoms with Crippen LogP contribution in [0.25, 0.3) is 0 Å². The van der Waals surface area contributed by atoms with Crippen LogP contribution in [-0.2, 0) is 9.53 Å². The summed E-state index contributed by atoms with van der Waals surface area (Å²) in [4.78, 5) is 11.5. The van der Waals surface area contributed by atoms with Crippen LogP contribution < -0.4 is 0 Å². The molecule has 82 valence electrons. The molecule has 15 heavy (non-hydrogen) atoms. The number of benzene rings is 1. The van der Waals surface area contributed by atoms with E-state index in [0.29, 0.717) is 4.90 Å². The van der Waals surface area contributed by atoms with Gasteiger partial charge in [0.15, 0.2) is 0 Å². The molecular formula is C10H12O4S. The van der Waals surface area contributed by atoms with Crippen molar-refractivity contribution in [1.29, 1.82) is 0 Å². The summed E-state index contributed by atoms with van der Waals surface area (Å²) < 4.78 is 4.80. The normalized spacial score (nSPS) is 12.3. The maximum absolute atomic E-state index is 10.8. The average Bonchev–Trinajstić information content (AvgIpc) is 2.17. The summed E-state index contributed by atoms with van der Waals surface area (Å²) in [6.07, 6.45) is 0. The number of hydrogen-bond acceptors (Lipinski definition) is 4. The van der Waals surface area contributed by atoms with Gasteiger partial charge in [-0.15, -0.1) is 11.8 Å². The Hall–Kier alpha value is -1.20. The molecule has 0 radical (unpaired) electrons. The highest BCUT2D eigenvalue weighted by molar-refractivity contribution is 8.00. The number of carbonyl (C=O) groups is 1. The second-order valence-electron chi connectivity index (χ2n) is 2.90. The fourth-order valence-electron chi connectivity index (χ4n) is 1.03. The molecule has 0 spiro atoms. The molecule has 0 amide bonds. The highest BCUT2D eigenvalue weighted by Crippen LogP contribution is 2.26. The van der Waals surface area contributed by atoms with Gasteiger partial charge in [-0.3, -0.25) is 4.79 Å². The van der Waals surface area contributed by atoms with E-state index in [4.69, 9.17) is 9.84 Å². The smallest absolute Gasteiger partial charge is 0.319 e. The zero-order valence-corrected chi connectivity index (χ0v) is 9.03. The molecule has 0 aliphatic carbocycles.